The highest BCUT2D eigenvalue weighted by atomic mass is 35.6. The fourth-order valence-corrected chi connectivity index (χ4v) is 4.12. The maximum absolute atomic E-state index is 6.17. The third-order valence-corrected chi connectivity index (χ3v) is 5.76. The second-order valence-electron chi connectivity index (χ2n) is 4.29. The smallest absolute Gasteiger partial charge is 0.150 e. The molecular formula is C7H18Cl2Si2. The molecule has 0 rings (SSSR count). The van der Waals surface area contributed by atoms with Crippen LogP contribution in [0.4, 0.5) is 0 Å². The van der Waals surface area contributed by atoms with Gasteiger partial charge in [0.2, 0.25) is 0 Å². The lowest BCUT2D eigenvalue weighted by Crippen LogP contribution is -2.20. The number of rotatable bonds is 4. The van der Waals surface area contributed by atoms with E-state index < -0.39 is 14.8 Å². The molecule has 0 saturated carbocycles. The Balaban J connectivity index is 3.44. The van der Waals surface area contributed by atoms with E-state index in [1.54, 1.807) is 0 Å². The Hall–Kier alpha value is 1.01. The molecule has 0 atom stereocenters. The first-order valence-corrected chi connectivity index (χ1v) is 12.5. The standard InChI is InChI=1S/C7H18Cl2Si2/c1-10(2,8)6-5-7-11(3,4)9/h5-7H2,1-4H3. The molecule has 11 heavy (non-hydrogen) atoms. The Bertz CT molecular complexity index is 98.6. The predicted octanol–water partition coefficient (Wildman–Crippen LogP) is 4.26. The molecule has 0 N–H and O–H groups in total. The summed E-state index contributed by atoms with van der Waals surface area (Å²) >= 11 is 12.3. The quantitative estimate of drug-likeness (QED) is 0.499. The zero-order valence-corrected chi connectivity index (χ0v) is 11.4. The minimum atomic E-state index is -1.32. The van der Waals surface area contributed by atoms with E-state index in [1.165, 1.54) is 18.5 Å². The zero-order chi connectivity index (χ0) is 9.12. The number of halogens is 2. The first-order chi connectivity index (χ1) is 4.71. The summed E-state index contributed by atoms with van der Waals surface area (Å²) in [6.07, 6.45) is 1.23. The van der Waals surface area contributed by atoms with Crippen molar-refractivity contribution >= 4 is 36.9 Å². The van der Waals surface area contributed by atoms with Crippen molar-refractivity contribution < 1.29 is 0 Å². The van der Waals surface area contributed by atoms with Gasteiger partial charge in [0.15, 0.2) is 0 Å². The first kappa shape index (κ1) is 12.0. The Kier molecular flexibility index (Phi) is 4.70. The van der Waals surface area contributed by atoms with E-state index in [-0.39, 0.29) is 0 Å². The molecule has 0 aromatic heterocycles. The van der Waals surface area contributed by atoms with E-state index in [9.17, 15) is 0 Å². The van der Waals surface area contributed by atoms with Crippen LogP contribution in [0.15, 0.2) is 0 Å². The van der Waals surface area contributed by atoms with Crippen molar-refractivity contribution in [2.45, 2.75) is 44.7 Å². The molecule has 0 nitrogen and oxygen atoms in total. The predicted molar refractivity (Wildman–Crippen MR) is 60.9 cm³/mol. The van der Waals surface area contributed by atoms with Crippen LogP contribution in [-0.4, -0.2) is 14.8 Å². The third kappa shape index (κ3) is 11.0. The van der Waals surface area contributed by atoms with Gasteiger partial charge in [-0.25, -0.2) is 0 Å². The van der Waals surface area contributed by atoms with Gasteiger partial charge in [0.05, 0.1) is 0 Å². The molecule has 0 aromatic carbocycles. The number of hydrogen-bond acceptors (Lipinski definition) is 0. The lowest BCUT2D eigenvalue weighted by Gasteiger charge is -2.16. The van der Waals surface area contributed by atoms with E-state index in [0.717, 1.165) is 0 Å². The minimum absolute atomic E-state index is 1.21. The molecule has 0 aromatic rings. The fraction of sp³-hybridized carbons (Fsp3) is 1.00. The summed E-state index contributed by atoms with van der Waals surface area (Å²) in [5.74, 6) is 0. The van der Waals surface area contributed by atoms with Gasteiger partial charge in [0.25, 0.3) is 0 Å². The summed E-state index contributed by atoms with van der Waals surface area (Å²) < 4.78 is 0. The summed E-state index contributed by atoms with van der Waals surface area (Å²) in [7, 11) is -2.64. The highest BCUT2D eigenvalue weighted by Gasteiger charge is 2.20. The van der Waals surface area contributed by atoms with Gasteiger partial charge in [0.1, 0.15) is 14.8 Å². The van der Waals surface area contributed by atoms with Gasteiger partial charge in [0, 0.05) is 0 Å². The van der Waals surface area contributed by atoms with E-state index in [4.69, 9.17) is 22.2 Å². The summed E-state index contributed by atoms with van der Waals surface area (Å²) in [5.41, 5.74) is 0. The Morgan fingerprint density at radius 1 is 0.818 bits per heavy atom. The van der Waals surface area contributed by atoms with Crippen LogP contribution in [0, 0.1) is 0 Å². The fourth-order valence-electron chi connectivity index (χ4n) is 0.929. The molecule has 0 amide bonds. The Morgan fingerprint density at radius 3 is 1.27 bits per heavy atom. The van der Waals surface area contributed by atoms with Crippen LogP contribution in [0.3, 0.4) is 0 Å². The van der Waals surface area contributed by atoms with E-state index in [2.05, 4.69) is 26.2 Å². The summed E-state index contributed by atoms with van der Waals surface area (Å²) in [6, 6.07) is 2.41. The van der Waals surface area contributed by atoms with Gasteiger partial charge in [-0.15, -0.1) is 0 Å². The maximum Gasteiger partial charge on any atom is 0.150 e. The second-order valence-corrected chi connectivity index (χ2v) is 18.3. The lowest BCUT2D eigenvalue weighted by atomic mass is 10.6. The van der Waals surface area contributed by atoms with Crippen LogP contribution < -0.4 is 0 Å². The summed E-state index contributed by atoms with van der Waals surface area (Å²) in [5, 5.41) is 0. The van der Waals surface area contributed by atoms with Gasteiger partial charge < -0.3 is 0 Å². The largest absolute Gasteiger partial charge is 0.168 e. The second kappa shape index (κ2) is 4.31. The van der Waals surface area contributed by atoms with Crippen molar-refractivity contribution in [3.8, 4) is 0 Å². The molecule has 0 spiro atoms. The SMILES string of the molecule is C[Si](C)(Cl)CCC[Si](C)(C)Cl. The molecule has 68 valence electrons. The van der Waals surface area contributed by atoms with Crippen molar-refractivity contribution in [2.75, 3.05) is 0 Å². The van der Waals surface area contributed by atoms with Crippen molar-refractivity contribution in [3.05, 3.63) is 0 Å². The van der Waals surface area contributed by atoms with Crippen molar-refractivity contribution in [1.82, 2.24) is 0 Å². The van der Waals surface area contributed by atoms with Gasteiger partial charge >= 0.3 is 0 Å². The van der Waals surface area contributed by atoms with Gasteiger partial charge in [-0.2, -0.15) is 22.2 Å². The van der Waals surface area contributed by atoms with Gasteiger partial charge in [-0.3, -0.25) is 0 Å². The molecule has 4 heteroatoms. The lowest BCUT2D eigenvalue weighted by molar-refractivity contribution is 1.03. The monoisotopic (exact) mass is 228 g/mol. The van der Waals surface area contributed by atoms with Gasteiger partial charge in [-0.1, -0.05) is 32.6 Å². The Morgan fingerprint density at radius 2 is 1.09 bits per heavy atom. The molecular weight excluding hydrogens is 211 g/mol. The average Bonchev–Trinajstić information content (AvgIpc) is 1.55. The van der Waals surface area contributed by atoms with E-state index in [1.807, 2.05) is 0 Å². The van der Waals surface area contributed by atoms with Crippen molar-refractivity contribution in [1.29, 1.82) is 0 Å². The van der Waals surface area contributed by atoms with Crippen molar-refractivity contribution in [2.24, 2.45) is 0 Å². The minimum Gasteiger partial charge on any atom is -0.168 e. The van der Waals surface area contributed by atoms with Gasteiger partial charge in [-0.05, 0) is 12.1 Å². The molecule has 0 aliphatic rings. The van der Waals surface area contributed by atoms with Crippen LogP contribution in [-0.2, 0) is 0 Å². The highest BCUT2D eigenvalue weighted by molar-refractivity contribution is 7.20. The summed E-state index contributed by atoms with van der Waals surface area (Å²) in [4.78, 5) is 0. The molecule has 0 radical (unpaired) electrons. The van der Waals surface area contributed by atoms with E-state index >= 15 is 0 Å². The summed E-state index contributed by atoms with van der Waals surface area (Å²) in [6.45, 7) is 8.77. The highest BCUT2D eigenvalue weighted by Crippen LogP contribution is 2.23. The average molecular weight is 229 g/mol. The molecule has 0 unspecified atom stereocenters. The van der Waals surface area contributed by atoms with Crippen LogP contribution in [0.25, 0.3) is 0 Å². The van der Waals surface area contributed by atoms with Crippen LogP contribution in [0.5, 0.6) is 0 Å². The van der Waals surface area contributed by atoms with Crippen LogP contribution >= 0.6 is 22.2 Å². The van der Waals surface area contributed by atoms with Crippen LogP contribution in [0.2, 0.25) is 38.3 Å². The maximum atomic E-state index is 6.17. The molecule has 0 aliphatic heterocycles. The molecule has 0 bridgehead atoms. The van der Waals surface area contributed by atoms with E-state index in [0.29, 0.717) is 0 Å². The van der Waals surface area contributed by atoms with Crippen LogP contribution in [0.1, 0.15) is 6.42 Å². The van der Waals surface area contributed by atoms with Crippen molar-refractivity contribution in [3.63, 3.8) is 0 Å². The topological polar surface area (TPSA) is 0 Å². The third-order valence-electron chi connectivity index (χ3n) is 1.54. The Labute approximate surface area is 81.7 Å². The number of hydrogen-bond donors (Lipinski definition) is 0. The zero-order valence-electron chi connectivity index (χ0n) is 7.88. The molecule has 0 aliphatic carbocycles. The normalized spacial score (nSPS) is 13.6. The first-order valence-electron chi connectivity index (χ1n) is 4.09. The molecule has 0 saturated heterocycles. The molecule has 0 heterocycles. The molecule has 0 fully saturated rings.